The molecule has 0 saturated carbocycles. The zero-order chi connectivity index (χ0) is 16.3. The van der Waals surface area contributed by atoms with Gasteiger partial charge in [-0.15, -0.1) is 0 Å². The van der Waals surface area contributed by atoms with E-state index in [0.29, 0.717) is 4.47 Å². The molecule has 0 aromatic heterocycles. The van der Waals surface area contributed by atoms with Gasteiger partial charge >= 0.3 is 12.2 Å². The summed E-state index contributed by atoms with van der Waals surface area (Å²) in [5, 5.41) is 4.58. The molecule has 0 heterocycles. The van der Waals surface area contributed by atoms with Crippen LogP contribution in [0.25, 0.3) is 0 Å². The first-order valence-electron chi connectivity index (χ1n) is 5.96. The van der Waals surface area contributed by atoms with Crippen LogP contribution >= 0.6 is 15.9 Å². The number of nitrogens with one attached hydrogen (secondary N) is 2. The molecular weight excluding hydrogens is 368 g/mol. The van der Waals surface area contributed by atoms with E-state index in [9.17, 15) is 22.4 Å². The maximum atomic E-state index is 13.5. The zero-order valence-corrected chi connectivity index (χ0v) is 12.4. The van der Waals surface area contributed by atoms with Crippen molar-refractivity contribution < 1.29 is 22.4 Å². The van der Waals surface area contributed by atoms with Gasteiger partial charge in [-0.05, 0) is 42.5 Å². The summed E-state index contributed by atoms with van der Waals surface area (Å²) >= 11 is 3.08. The molecule has 0 spiro atoms. The Kier molecular flexibility index (Phi) is 4.70. The second kappa shape index (κ2) is 6.35. The molecule has 0 radical (unpaired) electrons. The molecular formula is C14H9BrF4N2O. The average molecular weight is 377 g/mol. The molecule has 2 N–H and O–H groups in total. The summed E-state index contributed by atoms with van der Waals surface area (Å²) in [5.41, 5.74) is -0.715. The van der Waals surface area contributed by atoms with Crippen LogP contribution in [0.5, 0.6) is 0 Å². The quantitative estimate of drug-likeness (QED) is 0.690. The van der Waals surface area contributed by atoms with Crippen LogP contribution in [0, 0.1) is 5.82 Å². The van der Waals surface area contributed by atoms with Gasteiger partial charge in [0.15, 0.2) is 0 Å². The molecule has 3 nitrogen and oxygen atoms in total. The highest BCUT2D eigenvalue weighted by atomic mass is 79.9. The largest absolute Gasteiger partial charge is 0.416 e. The van der Waals surface area contributed by atoms with Gasteiger partial charge in [-0.3, -0.25) is 0 Å². The topological polar surface area (TPSA) is 41.1 Å². The molecule has 116 valence electrons. The molecule has 0 aliphatic heterocycles. The molecule has 0 fully saturated rings. The van der Waals surface area contributed by atoms with Crippen LogP contribution in [0.2, 0.25) is 0 Å². The molecule has 22 heavy (non-hydrogen) atoms. The predicted octanol–water partition coefficient (Wildman–Crippen LogP) is 5.25. The lowest BCUT2D eigenvalue weighted by Crippen LogP contribution is -2.20. The Morgan fingerprint density at radius 1 is 1.00 bits per heavy atom. The molecule has 0 aliphatic carbocycles. The van der Waals surface area contributed by atoms with Crippen molar-refractivity contribution in [3.05, 3.63) is 58.3 Å². The van der Waals surface area contributed by atoms with Crippen LogP contribution in [-0.4, -0.2) is 6.03 Å². The second-order valence-electron chi connectivity index (χ2n) is 4.28. The van der Waals surface area contributed by atoms with Crippen LogP contribution in [-0.2, 0) is 6.18 Å². The zero-order valence-electron chi connectivity index (χ0n) is 10.8. The van der Waals surface area contributed by atoms with Crippen molar-refractivity contribution in [2.24, 2.45) is 0 Å². The third-order valence-corrected chi connectivity index (χ3v) is 3.14. The van der Waals surface area contributed by atoms with Crippen molar-refractivity contribution in [2.75, 3.05) is 10.6 Å². The van der Waals surface area contributed by atoms with E-state index in [0.717, 1.165) is 24.3 Å². The van der Waals surface area contributed by atoms with E-state index in [1.807, 2.05) is 0 Å². The fraction of sp³-hybridized carbons (Fsp3) is 0.0714. The van der Waals surface area contributed by atoms with Gasteiger partial charge in [0.25, 0.3) is 0 Å². The number of anilines is 2. The summed E-state index contributed by atoms with van der Waals surface area (Å²) in [5.74, 6) is -0.642. The Labute approximate surface area is 131 Å². The molecule has 2 aromatic carbocycles. The number of rotatable bonds is 2. The molecule has 0 aliphatic rings. The fourth-order valence-electron chi connectivity index (χ4n) is 1.62. The van der Waals surface area contributed by atoms with E-state index in [4.69, 9.17) is 0 Å². The van der Waals surface area contributed by atoms with Gasteiger partial charge < -0.3 is 10.6 Å². The number of halogens is 5. The third-order valence-electron chi connectivity index (χ3n) is 2.65. The Hall–Kier alpha value is -2.09. The smallest absolute Gasteiger partial charge is 0.308 e. The summed E-state index contributed by atoms with van der Waals surface area (Å²) < 4.78 is 51.3. The van der Waals surface area contributed by atoms with Gasteiger partial charge in [0.1, 0.15) is 5.82 Å². The van der Waals surface area contributed by atoms with Gasteiger partial charge in [-0.1, -0.05) is 15.9 Å². The van der Waals surface area contributed by atoms with Crippen molar-refractivity contribution in [2.45, 2.75) is 6.18 Å². The first-order chi connectivity index (χ1) is 10.3. The Balaban J connectivity index is 2.03. The highest BCUT2D eigenvalue weighted by Gasteiger charge is 2.29. The number of amides is 2. The summed E-state index contributed by atoms with van der Waals surface area (Å²) in [6, 6.07) is 7.21. The van der Waals surface area contributed by atoms with Crippen molar-refractivity contribution in [3.8, 4) is 0 Å². The van der Waals surface area contributed by atoms with Gasteiger partial charge in [-0.2, -0.15) is 13.2 Å². The molecule has 8 heteroatoms. The second-order valence-corrected chi connectivity index (χ2v) is 5.19. The van der Waals surface area contributed by atoms with E-state index in [1.54, 1.807) is 0 Å². The number of carbonyl (C=O) groups excluding carboxylic acids is 1. The van der Waals surface area contributed by atoms with Gasteiger partial charge in [-0.25, -0.2) is 9.18 Å². The fourth-order valence-corrected chi connectivity index (χ4v) is 1.95. The van der Waals surface area contributed by atoms with E-state index < -0.39 is 23.6 Å². The molecule has 0 unspecified atom stereocenters. The molecule has 0 atom stereocenters. The van der Waals surface area contributed by atoms with Crippen LogP contribution in [0.15, 0.2) is 46.9 Å². The summed E-state index contributed by atoms with van der Waals surface area (Å²) in [6.07, 6.45) is -4.44. The lowest BCUT2D eigenvalue weighted by Gasteiger charge is -2.10. The molecule has 0 saturated heterocycles. The molecule has 0 bridgehead atoms. The standard InChI is InChI=1S/C14H9BrF4N2O/c15-9-3-6-12(11(16)7-9)21-13(22)20-10-4-1-8(2-5-10)14(17,18)19/h1-7H,(H2,20,21,22). The number of benzene rings is 2. The minimum Gasteiger partial charge on any atom is -0.308 e. The van der Waals surface area contributed by atoms with Crippen LogP contribution in [0.1, 0.15) is 5.56 Å². The number of alkyl halides is 3. The van der Waals surface area contributed by atoms with E-state index in [2.05, 4.69) is 26.6 Å². The van der Waals surface area contributed by atoms with Crippen LogP contribution < -0.4 is 10.6 Å². The molecule has 2 amide bonds. The SMILES string of the molecule is O=C(Nc1ccc(C(F)(F)F)cc1)Nc1ccc(Br)cc1F. The van der Waals surface area contributed by atoms with Crippen molar-refractivity contribution >= 4 is 33.3 Å². The van der Waals surface area contributed by atoms with Crippen LogP contribution in [0.3, 0.4) is 0 Å². The highest BCUT2D eigenvalue weighted by Crippen LogP contribution is 2.29. The minimum absolute atomic E-state index is 0.0485. The van der Waals surface area contributed by atoms with E-state index in [1.165, 1.54) is 18.2 Å². The van der Waals surface area contributed by atoms with Crippen molar-refractivity contribution in [1.29, 1.82) is 0 Å². The first kappa shape index (κ1) is 16.3. The minimum atomic E-state index is -4.44. The monoisotopic (exact) mass is 376 g/mol. The normalized spacial score (nSPS) is 11.1. The number of hydrogen-bond acceptors (Lipinski definition) is 1. The average Bonchev–Trinajstić information content (AvgIpc) is 2.41. The van der Waals surface area contributed by atoms with Gasteiger partial charge in [0, 0.05) is 10.2 Å². The van der Waals surface area contributed by atoms with Gasteiger partial charge in [0.05, 0.1) is 11.3 Å². The lowest BCUT2D eigenvalue weighted by molar-refractivity contribution is -0.137. The molecule has 2 rings (SSSR count). The third kappa shape index (κ3) is 4.20. The summed E-state index contributed by atoms with van der Waals surface area (Å²) in [6.45, 7) is 0. The van der Waals surface area contributed by atoms with Crippen molar-refractivity contribution in [3.63, 3.8) is 0 Å². The summed E-state index contributed by atoms with van der Waals surface area (Å²) in [7, 11) is 0. The Morgan fingerprint density at radius 3 is 2.18 bits per heavy atom. The van der Waals surface area contributed by atoms with Gasteiger partial charge in [0.2, 0.25) is 0 Å². The highest BCUT2D eigenvalue weighted by molar-refractivity contribution is 9.10. The summed E-state index contributed by atoms with van der Waals surface area (Å²) in [4.78, 5) is 11.7. The first-order valence-corrected chi connectivity index (χ1v) is 6.75. The predicted molar refractivity (Wildman–Crippen MR) is 78.2 cm³/mol. The Bertz CT molecular complexity index is 686. The number of hydrogen-bond donors (Lipinski definition) is 2. The van der Waals surface area contributed by atoms with E-state index >= 15 is 0 Å². The lowest BCUT2D eigenvalue weighted by atomic mass is 10.2. The molecule has 2 aromatic rings. The number of urea groups is 1. The van der Waals surface area contributed by atoms with Crippen LogP contribution in [0.4, 0.5) is 33.7 Å². The van der Waals surface area contributed by atoms with E-state index in [-0.39, 0.29) is 11.4 Å². The maximum Gasteiger partial charge on any atom is 0.416 e. The van der Waals surface area contributed by atoms with Crippen molar-refractivity contribution in [1.82, 2.24) is 0 Å². The maximum absolute atomic E-state index is 13.5. The number of carbonyl (C=O) groups is 1. The Morgan fingerprint density at radius 2 is 1.64 bits per heavy atom.